The Kier molecular flexibility index (Phi) is 7.67. The van der Waals surface area contributed by atoms with Gasteiger partial charge in [0.1, 0.15) is 0 Å². The molecule has 8 nitrogen and oxygen atoms in total. The fraction of sp³-hybridized carbons (Fsp3) is 0.0714. The number of carbonyl (C=O) groups is 3. The predicted octanol–water partition coefficient (Wildman–Crippen LogP) is 3.95. The van der Waals surface area contributed by atoms with Crippen molar-refractivity contribution in [2.75, 3.05) is 13.7 Å². The van der Waals surface area contributed by atoms with E-state index in [4.69, 9.17) is 9.47 Å². The van der Waals surface area contributed by atoms with Crippen molar-refractivity contribution in [3.63, 3.8) is 0 Å². The molecule has 4 aromatic rings. The highest BCUT2D eigenvalue weighted by atomic mass is 16.6. The number of ether oxygens (including phenoxy) is 2. The highest BCUT2D eigenvalue weighted by Crippen LogP contribution is 2.28. The molecule has 36 heavy (non-hydrogen) atoms. The average molecular weight is 482 g/mol. The van der Waals surface area contributed by atoms with Crippen LogP contribution in [-0.4, -0.2) is 37.7 Å². The fourth-order valence-electron chi connectivity index (χ4n) is 3.48. The van der Waals surface area contributed by atoms with Crippen LogP contribution in [0.15, 0.2) is 96.1 Å². The Labute approximate surface area is 207 Å². The number of rotatable bonds is 8. The third kappa shape index (κ3) is 5.92. The van der Waals surface area contributed by atoms with Gasteiger partial charge in [-0.25, -0.2) is 10.2 Å². The van der Waals surface area contributed by atoms with Crippen LogP contribution in [0.4, 0.5) is 0 Å². The molecule has 0 saturated heterocycles. The van der Waals surface area contributed by atoms with Gasteiger partial charge in [-0.3, -0.25) is 9.59 Å². The molecular weight excluding hydrogens is 458 g/mol. The molecule has 0 heterocycles. The van der Waals surface area contributed by atoms with E-state index in [-0.39, 0.29) is 18.2 Å². The lowest BCUT2D eigenvalue weighted by atomic mass is 10.0. The van der Waals surface area contributed by atoms with Gasteiger partial charge in [-0.1, -0.05) is 54.6 Å². The summed E-state index contributed by atoms with van der Waals surface area (Å²) in [6.07, 6.45) is 1.41. The Balaban J connectivity index is 1.32. The lowest BCUT2D eigenvalue weighted by Gasteiger charge is -2.10. The first-order chi connectivity index (χ1) is 17.5. The number of hydrogen-bond acceptors (Lipinski definition) is 6. The monoisotopic (exact) mass is 481 g/mol. The number of benzene rings is 4. The number of hydrogen-bond donors (Lipinski definition) is 2. The minimum absolute atomic E-state index is 0.239. The van der Waals surface area contributed by atoms with Crippen LogP contribution in [0.3, 0.4) is 0 Å². The fourth-order valence-corrected chi connectivity index (χ4v) is 3.48. The van der Waals surface area contributed by atoms with Crippen molar-refractivity contribution < 1.29 is 23.9 Å². The van der Waals surface area contributed by atoms with E-state index in [0.29, 0.717) is 22.4 Å². The molecule has 0 atom stereocenters. The van der Waals surface area contributed by atoms with E-state index < -0.39 is 11.9 Å². The van der Waals surface area contributed by atoms with Crippen LogP contribution < -0.4 is 20.2 Å². The molecule has 0 unspecified atom stereocenters. The lowest BCUT2D eigenvalue weighted by molar-refractivity contribution is -0.120. The van der Waals surface area contributed by atoms with E-state index >= 15 is 0 Å². The van der Waals surface area contributed by atoms with Crippen LogP contribution in [0.2, 0.25) is 0 Å². The smallest absolute Gasteiger partial charge is 0.343 e. The molecule has 0 aliphatic carbocycles. The SMILES string of the molecule is COc1cc(C=NNC(=O)CNC(=O)c2cccc3ccccc23)ccc1OC(=O)c1ccccc1. The van der Waals surface area contributed by atoms with E-state index in [0.717, 1.165) is 10.8 Å². The van der Waals surface area contributed by atoms with Crippen molar-refractivity contribution in [2.45, 2.75) is 0 Å². The van der Waals surface area contributed by atoms with Gasteiger partial charge in [-0.2, -0.15) is 5.10 Å². The number of esters is 1. The zero-order valence-electron chi connectivity index (χ0n) is 19.4. The summed E-state index contributed by atoms with van der Waals surface area (Å²) in [7, 11) is 1.45. The summed E-state index contributed by atoms with van der Waals surface area (Å²) in [6.45, 7) is -0.239. The van der Waals surface area contributed by atoms with Gasteiger partial charge in [0, 0.05) is 5.56 Å². The molecule has 0 spiro atoms. The second kappa shape index (κ2) is 11.4. The Morgan fingerprint density at radius 1 is 0.861 bits per heavy atom. The standard InChI is InChI=1S/C28H23N3O5/c1-35-25-16-19(14-15-24(25)36-28(34)21-9-3-2-4-10-21)17-30-31-26(32)18-29-27(33)23-13-7-11-20-8-5-6-12-22(20)23/h2-17H,18H2,1H3,(H,29,33)(H,31,32). The maximum absolute atomic E-state index is 12.5. The molecule has 0 fully saturated rings. The van der Waals surface area contributed by atoms with E-state index in [1.165, 1.54) is 13.3 Å². The summed E-state index contributed by atoms with van der Waals surface area (Å²) >= 11 is 0. The first-order valence-corrected chi connectivity index (χ1v) is 11.1. The molecule has 0 bridgehead atoms. The van der Waals surface area contributed by atoms with Gasteiger partial charge >= 0.3 is 5.97 Å². The molecule has 0 radical (unpaired) electrons. The third-order valence-electron chi connectivity index (χ3n) is 5.25. The normalized spacial score (nSPS) is 10.7. The van der Waals surface area contributed by atoms with Crippen LogP contribution in [-0.2, 0) is 4.79 Å². The van der Waals surface area contributed by atoms with Crippen molar-refractivity contribution >= 4 is 34.8 Å². The van der Waals surface area contributed by atoms with Crippen molar-refractivity contribution in [1.29, 1.82) is 0 Å². The number of fused-ring (bicyclic) bond motifs is 1. The number of amides is 2. The average Bonchev–Trinajstić information content (AvgIpc) is 2.92. The summed E-state index contributed by atoms with van der Waals surface area (Å²) in [5.74, 6) is -0.759. The molecule has 180 valence electrons. The summed E-state index contributed by atoms with van der Waals surface area (Å²) in [4.78, 5) is 37.0. The Hall–Kier alpha value is -4.98. The van der Waals surface area contributed by atoms with Crippen LogP contribution in [0.1, 0.15) is 26.3 Å². The first-order valence-electron chi connectivity index (χ1n) is 11.1. The quantitative estimate of drug-likeness (QED) is 0.172. The molecule has 0 aromatic heterocycles. The minimum Gasteiger partial charge on any atom is -0.493 e. The van der Waals surface area contributed by atoms with E-state index in [2.05, 4.69) is 15.8 Å². The summed E-state index contributed by atoms with van der Waals surface area (Å²) < 4.78 is 10.7. The predicted molar refractivity (Wildman–Crippen MR) is 136 cm³/mol. The summed E-state index contributed by atoms with van der Waals surface area (Å²) in [6, 6.07) is 26.4. The molecule has 0 aliphatic heterocycles. The zero-order chi connectivity index (χ0) is 25.3. The van der Waals surface area contributed by atoms with Crippen LogP contribution in [0.25, 0.3) is 10.8 Å². The maximum atomic E-state index is 12.5. The van der Waals surface area contributed by atoms with Gasteiger partial charge in [0.05, 0.1) is 25.4 Å². The topological polar surface area (TPSA) is 106 Å². The Morgan fingerprint density at radius 2 is 1.61 bits per heavy atom. The lowest BCUT2D eigenvalue weighted by Crippen LogP contribution is -2.35. The molecule has 4 rings (SSSR count). The Morgan fingerprint density at radius 3 is 2.42 bits per heavy atom. The number of carbonyl (C=O) groups excluding carboxylic acids is 3. The van der Waals surface area contributed by atoms with E-state index in [9.17, 15) is 14.4 Å². The van der Waals surface area contributed by atoms with Gasteiger partial charge in [-0.05, 0) is 52.7 Å². The number of nitrogens with one attached hydrogen (secondary N) is 2. The van der Waals surface area contributed by atoms with Crippen molar-refractivity contribution in [1.82, 2.24) is 10.7 Å². The highest BCUT2D eigenvalue weighted by molar-refractivity contribution is 6.07. The third-order valence-corrected chi connectivity index (χ3v) is 5.25. The zero-order valence-corrected chi connectivity index (χ0v) is 19.4. The molecule has 2 N–H and O–H groups in total. The number of nitrogens with zero attached hydrogens (tertiary/aromatic N) is 1. The van der Waals surface area contributed by atoms with E-state index in [1.54, 1.807) is 54.6 Å². The molecular formula is C28H23N3O5. The number of methoxy groups -OCH3 is 1. The Bertz CT molecular complexity index is 1430. The molecule has 0 saturated carbocycles. The van der Waals surface area contributed by atoms with Gasteiger partial charge in [0.2, 0.25) is 0 Å². The molecule has 8 heteroatoms. The van der Waals surface area contributed by atoms with Crippen LogP contribution in [0.5, 0.6) is 11.5 Å². The van der Waals surface area contributed by atoms with Gasteiger partial charge < -0.3 is 14.8 Å². The second-order valence-corrected chi connectivity index (χ2v) is 7.67. The molecule has 4 aromatic carbocycles. The van der Waals surface area contributed by atoms with Gasteiger partial charge in [0.25, 0.3) is 11.8 Å². The number of hydrazone groups is 1. The summed E-state index contributed by atoms with van der Waals surface area (Å²) in [5.41, 5.74) is 3.88. The minimum atomic E-state index is -0.506. The van der Waals surface area contributed by atoms with Gasteiger partial charge in [-0.15, -0.1) is 0 Å². The second-order valence-electron chi connectivity index (χ2n) is 7.67. The highest BCUT2D eigenvalue weighted by Gasteiger charge is 2.13. The van der Waals surface area contributed by atoms with Crippen LogP contribution >= 0.6 is 0 Å². The van der Waals surface area contributed by atoms with Gasteiger partial charge in [0.15, 0.2) is 11.5 Å². The summed E-state index contributed by atoms with van der Waals surface area (Å²) in [5, 5.41) is 8.27. The molecule has 2 amide bonds. The van der Waals surface area contributed by atoms with E-state index in [1.807, 2.05) is 36.4 Å². The maximum Gasteiger partial charge on any atom is 0.343 e. The first kappa shape index (κ1) is 24.2. The van der Waals surface area contributed by atoms with Crippen molar-refractivity contribution in [3.8, 4) is 11.5 Å². The van der Waals surface area contributed by atoms with Crippen molar-refractivity contribution in [3.05, 3.63) is 108 Å². The van der Waals surface area contributed by atoms with Crippen LogP contribution in [0, 0.1) is 0 Å². The largest absolute Gasteiger partial charge is 0.493 e. The molecule has 0 aliphatic rings. The van der Waals surface area contributed by atoms with Crippen molar-refractivity contribution in [2.24, 2.45) is 5.10 Å².